The van der Waals surface area contributed by atoms with Gasteiger partial charge >= 0.3 is 0 Å². The predicted octanol–water partition coefficient (Wildman–Crippen LogP) is 2.74. The SMILES string of the molecule is Cc1ccc(S(=O)(=O)N(CC(=O)N/N=C\c2cccnc2)c2ccccc2)cc1. The summed E-state index contributed by atoms with van der Waals surface area (Å²) in [5, 5.41) is 3.87. The van der Waals surface area contributed by atoms with E-state index in [0.29, 0.717) is 11.3 Å². The number of hydrogen-bond donors (Lipinski definition) is 1. The first-order valence-corrected chi connectivity index (χ1v) is 10.3. The van der Waals surface area contributed by atoms with Crippen LogP contribution >= 0.6 is 0 Å². The average Bonchev–Trinajstić information content (AvgIpc) is 2.73. The van der Waals surface area contributed by atoms with E-state index in [9.17, 15) is 13.2 Å². The third-order valence-corrected chi connectivity index (χ3v) is 5.82. The molecule has 1 N–H and O–H groups in total. The first-order valence-electron chi connectivity index (χ1n) is 8.83. The number of carbonyl (C=O) groups excluding carboxylic acids is 1. The molecule has 29 heavy (non-hydrogen) atoms. The Bertz CT molecular complexity index is 1080. The molecule has 0 aliphatic heterocycles. The molecule has 0 bridgehead atoms. The van der Waals surface area contributed by atoms with Crippen molar-refractivity contribution in [2.24, 2.45) is 5.10 Å². The van der Waals surface area contributed by atoms with Gasteiger partial charge in [0.2, 0.25) is 0 Å². The van der Waals surface area contributed by atoms with Crippen molar-refractivity contribution in [3.05, 3.63) is 90.3 Å². The average molecular weight is 408 g/mol. The van der Waals surface area contributed by atoms with Crippen molar-refractivity contribution in [3.8, 4) is 0 Å². The molecule has 0 aliphatic carbocycles. The molecule has 0 saturated carbocycles. The van der Waals surface area contributed by atoms with Crippen LogP contribution in [-0.4, -0.2) is 32.1 Å². The monoisotopic (exact) mass is 408 g/mol. The van der Waals surface area contributed by atoms with Gasteiger partial charge < -0.3 is 0 Å². The van der Waals surface area contributed by atoms with Gasteiger partial charge in [0.15, 0.2) is 0 Å². The first-order chi connectivity index (χ1) is 14.0. The molecular formula is C21H20N4O3S. The van der Waals surface area contributed by atoms with E-state index in [2.05, 4.69) is 15.5 Å². The van der Waals surface area contributed by atoms with Crippen molar-refractivity contribution < 1.29 is 13.2 Å². The van der Waals surface area contributed by atoms with Gasteiger partial charge in [-0.1, -0.05) is 42.0 Å². The molecule has 3 rings (SSSR count). The minimum absolute atomic E-state index is 0.110. The summed E-state index contributed by atoms with van der Waals surface area (Å²) in [7, 11) is -3.93. The Hall–Kier alpha value is -3.52. The van der Waals surface area contributed by atoms with Crippen LogP contribution in [-0.2, 0) is 14.8 Å². The molecule has 8 heteroatoms. The van der Waals surface area contributed by atoms with Gasteiger partial charge in [0.05, 0.1) is 16.8 Å². The molecule has 1 aromatic heterocycles. The number of aryl methyl sites for hydroxylation is 1. The van der Waals surface area contributed by atoms with Gasteiger partial charge in [-0.15, -0.1) is 0 Å². The van der Waals surface area contributed by atoms with E-state index in [1.807, 2.05) is 6.92 Å². The number of aromatic nitrogens is 1. The summed E-state index contributed by atoms with van der Waals surface area (Å²) in [6, 6.07) is 18.5. The zero-order chi connectivity index (χ0) is 20.7. The number of pyridine rings is 1. The second-order valence-electron chi connectivity index (χ2n) is 6.24. The molecule has 0 atom stereocenters. The van der Waals surface area contributed by atoms with Crippen molar-refractivity contribution in [2.75, 3.05) is 10.8 Å². The summed E-state index contributed by atoms with van der Waals surface area (Å²) in [6.07, 6.45) is 4.66. The van der Waals surface area contributed by atoms with Gasteiger partial charge in [-0.25, -0.2) is 13.8 Å². The van der Waals surface area contributed by atoms with Crippen molar-refractivity contribution in [3.63, 3.8) is 0 Å². The summed E-state index contributed by atoms with van der Waals surface area (Å²) < 4.78 is 27.4. The highest BCUT2D eigenvalue weighted by molar-refractivity contribution is 7.92. The van der Waals surface area contributed by atoms with Crippen LogP contribution < -0.4 is 9.73 Å². The molecule has 0 saturated heterocycles. The molecule has 1 heterocycles. The first kappa shape index (κ1) is 20.2. The number of sulfonamides is 1. The quantitative estimate of drug-likeness (QED) is 0.481. The maximum atomic E-state index is 13.2. The number of nitrogens with one attached hydrogen (secondary N) is 1. The van der Waals surface area contributed by atoms with Crippen LogP contribution in [0.3, 0.4) is 0 Å². The fourth-order valence-electron chi connectivity index (χ4n) is 2.54. The van der Waals surface area contributed by atoms with E-state index in [1.165, 1.54) is 18.3 Å². The summed E-state index contributed by atoms with van der Waals surface area (Å²) in [4.78, 5) is 16.5. The summed E-state index contributed by atoms with van der Waals surface area (Å²) in [5.41, 5.74) is 4.40. The lowest BCUT2D eigenvalue weighted by Crippen LogP contribution is -2.39. The zero-order valence-corrected chi connectivity index (χ0v) is 16.6. The Kier molecular flexibility index (Phi) is 6.36. The fourth-order valence-corrected chi connectivity index (χ4v) is 3.96. The maximum Gasteiger partial charge on any atom is 0.264 e. The van der Waals surface area contributed by atoms with Crippen molar-refractivity contribution in [2.45, 2.75) is 11.8 Å². The summed E-state index contributed by atoms with van der Waals surface area (Å²) in [5.74, 6) is -0.565. The highest BCUT2D eigenvalue weighted by atomic mass is 32.2. The Labute approximate surface area is 169 Å². The van der Waals surface area contributed by atoms with E-state index in [-0.39, 0.29) is 4.90 Å². The molecular weight excluding hydrogens is 388 g/mol. The number of para-hydroxylation sites is 1. The van der Waals surface area contributed by atoms with Crippen LogP contribution in [0.4, 0.5) is 5.69 Å². The van der Waals surface area contributed by atoms with Crippen LogP contribution in [0.25, 0.3) is 0 Å². The minimum atomic E-state index is -3.93. The van der Waals surface area contributed by atoms with Gasteiger partial charge in [0.1, 0.15) is 6.54 Å². The topological polar surface area (TPSA) is 91.7 Å². The second kappa shape index (κ2) is 9.11. The van der Waals surface area contributed by atoms with Crippen molar-refractivity contribution in [1.82, 2.24) is 10.4 Å². The van der Waals surface area contributed by atoms with Gasteiger partial charge in [-0.3, -0.25) is 14.1 Å². The summed E-state index contributed by atoms with van der Waals surface area (Å²) >= 11 is 0. The predicted molar refractivity (Wildman–Crippen MR) is 112 cm³/mol. The molecule has 3 aromatic rings. The Morgan fingerprint density at radius 2 is 1.79 bits per heavy atom. The maximum absolute atomic E-state index is 13.2. The van der Waals surface area contributed by atoms with E-state index in [1.54, 1.807) is 67.0 Å². The third-order valence-electron chi connectivity index (χ3n) is 4.03. The number of benzene rings is 2. The van der Waals surface area contributed by atoms with Crippen molar-refractivity contribution in [1.29, 1.82) is 0 Å². The van der Waals surface area contributed by atoms with Crippen LogP contribution in [0, 0.1) is 6.92 Å². The molecule has 0 aliphatic rings. The number of hydrogen-bond acceptors (Lipinski definition) is 5. The largest absolute Gasteiger partial charge is 0.271 e. The van der Waals surface area contributed by atoms with Crippen LogP contribution in [0.15, 0.2) is 89.1 Å². The number of hydrazone groups is 1. The third kappa shape index (κ3) is 5.26. The molecule has 0 radical (unpaired) electrons. The van der Waals surface area contributed by atoms with Crippen LogP contribution in [0.1, 0.15) is 11.1 Å². The number of nitrogens with zero attached hydrogens (tertiary/aromatic N) is 3. The normalized spacial score (nSPS) is 11.3. The molecule has 0 spiro atoms. The van der Waals surface area contributed by atoms with Gasteiger partial charge in [-0.2, -0.15) is 5.10 Å². The lowest BCUT2D eigenvalue weighted by Gasteiger charge is -2.23. The van der Waals surface area contributed by atoms with Crippen LogP contribution in [0.2, 0.25) is 0 Å². The fraction of sp³-hybridized carbons (Fsp3) is 0.0952. The Balaban J connectivity index is 1.82. The summed E-state index contributed by atoms with van der Waals surface area (Å²) in [6.45, 7) is 1.46. The van der Waals surface area contributed by atoms with E-state index in [4.69, 9.17) is 0 Å². The number of anilines is 1. The highest BCUT2D eigenvalue weighted by Crippen LogP contribution is 2.23. The number of amides is 1. The Morgan fingerprint density at radius 3 is 2.45 bits per heavy atom. The van der Waals surface area contributed by atoms with Gasteiger partial charge in [0, 0.05) is 18.0 Å². The lowest BCUT2D eigenvalue weighted by atomic mass is 10.2. The van der Waals surface area contributed by atoms with Crippen molar-refractivity contribution >= 4 is 27.8 Å². The number of carbonyl (C=O) groups is 1. The zero-order valence-electron chi connectivity index (χ0n) is 15.8. The van der Waals surface area contributed by atoms with Gasteiger partial charge in [0.25, 0.3) is 15.9 Å². The Morgan fingerprint density at radius 1 is 1.07 bits per heavy atom. The molecule has 0 unspecified atom stereocenters. The highest BCUT2D eigenvalue weighted by Gasteiger charge is 2.27. The van der Waals surface area contributed by atoms with E-state index in [0.717, 1.165) is 9.87 Å². The molecule has 0 fully saturated rings. The smallest absolute Gasteiger partial charge is 0.264 e. The number of rotatable bonds is 7. The molecule has 7 nitrogen and oxygen atoms in total. The second-order valence-corrected chi connectivity index (χ2v) is 8.10. The molecule has 1 amide bonds. The van der Waals surface area contributed by atoms with Gasteiger partial charge in [-0.05, 0) is 37.3 Å². The molecule has 2 aromatic carbocycles. The molecule has 148 valence electrons. The van der Waals surface area contributed by atoms with E-state index >= 15 is 0 Å². The van der Waals surface area contributed by atoms with Crippen LogP contribution in [0.5, 0.6) is 0 Å². The lowest BCUT2D eigenvalue weighted by molar-refractivity contribution is -0.119. The standard InChI is InChI=1S/C21H20N4O3S/c1-17-9-11-20(12-10-17)29(27,28)25(19-7-3-2-4-8-19)16-21(26)24-23-15-18-6-5-13-22-14-18/h2-15H,16H2,1H3,(H,24,26)/b23-15-. The van der Waals surface area contributed by atoms with E-state index < -0.39 is 22.5 Å². The minimum Gasteiger partial charge on any atom is -0.271 e.